The highest BCUT2D eigenvalue weighted by atomic mass is 35.5. The van der Waals surface area contributed by atoms with Crippen LogP contribution in [0.1, 0.15) is 31.8 Å². The summed E-state index contributed by atoms with van der Waals surface area (Å²) in [5.41, 5.74) is 2.78. The summed E-state index contributed by atoms with van der Waals surface area (Å²) < 4.78 is 0. The van der Waals surface area contributed by atoms with Crippen molar-refractivity contribution in [3.8, 4) is 0 Å². The monoisotopic (exact) mass is 336 g/mol. The summed E-state index contributed by atoms with van der Waals surface area (Å²) in [6, 6.07) is 14.4. The molecule has 0 saturated carbocycles. The van der Waals surface area contributed by atoms with Crippen molar-refractivity contribution >= 4 is 35.4 Å². The molecule has 4 nitrogen and oxygen atoms in total. The van der Waals surface area contributed by atoms with Gasteiger partial charge >= 0.3 is 0 Å². The maximum Gasteiger partial charge on any atom is 0.265 e. The second-order valence-electron chi connectivity index (χ2n) is 4.66. The SMILES string of the molecule is O=C(NCl)c1ccccc1CCc1ccccc1C(=O)NCl. The van der Waals surface area contributed by atoms with Crippen LogP contribution in [0.5, 0.6) is 0 Å². The van der Waals surface area contributed by atoms with Crippen LogP contribution in [0, 0.1) is 0 Å². The van der Waals surface area contributed by atoms with Crippen molar-refractivity contribution in [2.75, 3.05) is 0 Å². The van der Waals surface area contributed by atoms with Crippen LogP contribution in [0.2, 0.25) is 0 Å². The number of rotatable bonds is 5. The Morgan fingerprint density at radius 2 is 1.09 bits per heavy atom. The van der Waals surface area contributed by atoms with Crippen molar-refractivity contribution in [1.29, 1.82) is 0 Å². The largest absolute Gasteiger partial charge is 0.268 e. The number of amides is 2. The maximum atomic E-state index is 11.7. The van der Waals surface area contributed by atoms with Crippen molar-refractivity contribution < 1.29 is 9.59 Å². The Kier molecular flexibility index (Phi) is 5.81. The van der Waals surface area contributed by atoms with Crippen molar-refractivity contribution in [2.45, 2.75) is 12.8 Å². The number of hydrogen-bond acceptors (Lipinski definition) is 2. The second kappa shape index (κ2) is 7.82. The van der Waals surface area contributed by atoms with E-state index in [-0.39, 0.29) is 11.8 Å². The number of carbonyl (C=O) groups is 2. The minimum atomic E-state index is -0.343. The first-order valence-electron chi connectivity index (χ1n) is 6.65. The summed E-state index contributed by atoms with van der Waals surface area (Å²) in [5, 5.41) is 0. The van der Waals surface area contributed by atoms with E-state index in [2.05, 4.69) is 9.67 Å². The predicted octanol–water partition coefficient (Wildman–Crippen LogP) is 3.24. The molecule has 22 heavy (non-hydrogen) atoms. The molecule has 0 aliphatic heterocycles. The Hall–Kier alpha value is -2.04. The summed E-state index contributed by atoms with van der Waals surface area (Å²) in [4.78, 5) is 27.7. The van der Waals surface area contributed by atoms with Gasteiger partial charge in [-0.15, -0.1) is 0 Å². The third-order valence-electron chi connectivity index (χ3n) is 3.36. The lowest BCUT2D eigenvalue weighted by Gasteiger charge is -2.10. The van der Waals surface area contributed by atoms with Crippen LogP contribution in [0.4, 0.5) is 0 Å². The highest BCUT2D eigenvalue weighted by Crippen LogP contribution is 2.16. The molecule has 0 aromatic heterocycles. The fraction of sp³-hybridized carbons (Fsp3) is 0.125. The van der Waals surface area contributed by atoms with Gasteiger partial charge in [-0.1, -0.05) is 36.4 Å². The summed E-state index contributed by atoms with van der Waals surface area (Å²) in [6.45, 7) is 0. The summed E-state index contributed by atoms with van der Waals surface area (Å²) in [7, 11) is 0. The van der Waals surface area contributed by atoms with Gasteiger partial charge in [0, 0.05) is 34.7 Å². The number of benzene rings is 2. The molecule has 0 aliphatic rings. The van der Waals surface area contributed by atoms with E-state index in [4.69, 9.17) is 23.6 Å². The Labute approximate surface area is 138 Å². The molecule has 2 amide bonds. The molecule has 2 rings (SSSR count). The lowest BCUT2D eigenvalue weighted by molar-refractivity contribution is 0.0972. The van der Waals surface area contributed by atoms with Gasteiger partial charge in [-0.25, -0.2) is 0 Å². The average molecular weight is 337 g/mol. The molecule has 0 bridgehead atoms. The maximum absolute atomic E-state index is 11.7. The average Bonchev–Trinajstić information content (AvgIpc) is 2.59. The summed E-state index contributed by atoms with van der Waals surface area (Å²) >= 11 is 10.8. The molecule has 0 radical (unpaired) electrons. The van der Waals surface area contributed by atoms with Gasteiger partial charge in [0.2, 0.25) is 0 Å². The van der Waals surface area contributed by atoms with Crippen molar-refractivity contribution in [3.05, 3.63) is 70.8 Å². The number of halogens is 2. The van der Waals surface area contributed by atoms with E-state index in [0.29, 0.717) is 24.0 Å². The molecule has 6 heteroatoms. The normalized spacial score (nSPS) is 10.1. The molecule has 0 saturated heterocycles. The van der Waals surface area contributed by atoms with Crippen LogP contribution in [0.15, 0.2) is 48.5 Å². The van der Waals surface area contributed by atoms with Crippen molar-refractivity contribution in [2.24, 2.45) is 0 Å². The zero-order chi connectivity index (χ0) is 15.9. The third kappa shape index (κ3) is 3.78. The van der Waals surface area contributed by atoms with E-state index in [1.54, 1.807) is 24.3 Å². The van der Waals surface area contributed by atoms with Gasteiger partial charge in [0.25, 0.3) is 11.8 Å². The molecule has 0 unspecified atom stereocenters. The third-order valence-corrected chi connectivity index (χ3v) is 3.70. The molecule has 114 valence electrons. The predicted molar refractivity (Wildman–Crippen MR) is 86.9 cm³/mol. The number of carbonyl (C=O) groups excluding carboxylic acids is 2. The van der Waals surface area contributed by atoms with Crippen molar-refractivity contribution in [3.63, 3.8) is 0 Å². The lowest BCUT2D eigenvalue weighted by Crippen LogP contribution is -2.16. The molecule has 2 aromatic rings. The van der Waals surface area contributed by atoms with Gasteiger partial charge in [-0.3, -0.25) is 19.3 Å². The highest BCUT2D eigenvalue weighted by molar-refractivity contribution is 6.24. The molecule has 2 N–H and O–H groups in total. The summed E-state index contributed by atoms with van der Waals surface area (Å²) in [6.07, 6.45) is 1.21. The standard InChI is InChI=1S/C16H14Cl2N2O2/c17-19-15(21)13-7-3-1-5-11(13)9-10-12-6-2-4-8-14(12)16(22)20-18/h1-8H,9-10H2,(H,19,21)(H,20,22). The van der Waals surface area contributed by atoms with Crippen LogP contribution in [0.3, 0.4) is 0 Å². The van der Waals surface area contributed by atoms with Crippen LogP contribution < -0.4 is 9.67 Å². The molecule has 0 fully saturated rings. The van der Waals surface area contributed by atoms with Gasteiger partial charge in [-0.2, -0.15) is 0 Å². The molecular weight excluding hydrogens is 323 g/mol. The molecule has 0 heterocycles. The lowest BCUT2D eigenvalue weighted by atomic mass is 9.96. The Balaban J connectivity index is 2.21. The zero-order valence-electron chi connectivity index (χ0n) is 11.6. The van der Waals surface area contributed by atoms with Gasteiger partial charge in [-0.05, 0) is 36.1 Å². The van der Waals surface area contributed by atoms with Crippen LogP contribution in [-0.2, 0) is 12.8 Å². The van der Waals surface area contributed by atoms with E-state index in [9.17, 15) is 9.59 Å². The highest BCUT2D eigenvalue weighted by Gasteiger charge is 2.13. The van der Waals surface area contributed by atoms with E-state index in [1.165, 1.54) is 0 Å². The minimum Gasteiger partial charge on any atom is -0.268 e. The second-order valence-corrected chi connectivity index (χ2v) is 5.04. The van der Waals surface area contributed by atoms with E-state index >= 15 is 0 Å². The van der Waals surface area contributed by atoms with E-state index in [0.717, 1.165) is 11.1 Å². The van der Waals surface area contributed by atoms with Crippen LogP contribution >= 0.6 is 23.6 Å². The first-order valence-corrected chi connectivity index (χ1v) is 7.40. The Bertz CT molecular complexity index is 630. The molecule has 0 spiro atoms. The molecule has 0 atom stereocenters. The van der Waals surface area contributed by atoms with Crippen LogP contribution in [-0.4, -0.2) is 11.8 Å². The minimum absolute atomic E-state index is 0.343. The van der Waals surface area contributed by atoms with Gasteiger partial charge in [0.1, 0.15) is 0 Å². The number of nitrogens with one attached hydrogen (secondary N) is 2. The quantitative estimate of drug-likeness (QED) is 0.823. The van der Waals surface area contributed by atoms with Crippen LogP contribution in [0.25, 0.3) is 0 Å². The first kappa shape index (κ1) is 16.3. The zero-order valence-corrected chi connectivity index (χ0v) is 13.1. The first-order chi connectivity index (χ1) is 10.7. The van der Waals surface area contributed by atoms with Gasteiger partial charge in [0.05, 0.1) is 0 Å². The van der Waals surface area contributed by atoms with E-state index < -0.39 is 0 Å². The van der Waals surface area contributed by atoms with Gasteiger partial charge in [0.15, 0.2) is 0 Å². The Morgan fingerprint density at radius 1 is 0.727 bits per heavy atom. The molecular formula is C16H14Cl2N2O2. The number of hydrogen-bond donors (Lipinski definition) is 2. The molecule has 2 aromatic carbocycles. The smallest absolute Gasteiger partial charge is 0.265 e. The Morgan fingerprint density at radius 3 is 1.45 bits per heavy atom. The van der Waals surface area contributed by atoms with Crippen molar-refractivity contribution in [1.82, 2.24) is 9.67 Å². The number of aryl methyl sites for hydroxylation is 2. The fourth-order valence-corrected chi connectivity index (χ4v) is 2.49. The fourth-order valence-electron chi connectivity index (χ4n) is 2.29. The van der Waals surface area contributed by atoms with E-state index in [1.807, 2.05) is 24.3 Å². The summed E-state index contributed by atoms with van der Waals surface area (Å²) in [5.74, 6) is -0.687. The van der Waals surface area contributed by atoms with Gasteiger partial charge < -0.3 is 0 Å². The molecule has 0 aliphatic carbocycles. The topological polar surface area (TPSA) is 58.2 Å².